The van der Waals surface area contributed by atoms with Crippen molar-refractivity contribution in [3.63, 3.8) is 0 Å². The minimum absolute atomic E-state index is 0.0889. The summed E-state index contributed by atoms with van der Waals surface area (Å²) in [5.74, 6) is 1.80. The Morgan fingerprint density at radius 1 is 0.725 bits per heavy atom. The van der Waals surface area contributed by atoms with Gasteiger partial charge in [0, 0.05) is 17.1 Å². The van der Waals surface area contributed by atoms with Crippen molar-refractivity contribution in [2.45, 2.75) is 85.7 Å². The summed E-state index contributed by atoms with van der Waals surface area (Å²) in [5.41, 5.74) is 3.85. The van der Waals surface area contributed by atoms with E-state index in [2.05, 4.69) is 72.0 Å². The Hall–Kier alpha value is -3.24. The van der Waals surface area contributed by atoms with Crippen LogP contribution in [0.4, 0.5) is 0 Å². The van der Waals surface area contributed by atoms with E-state index in [1.807, 2.05) is 58.0 Å². The van der Waals surface area contributed by atoms with Crippen LogP contribution in [0.5, 0.6) is 11.5 Å². The van der Waals surface area contributed by atoms with Crippen LogP contribution in [0.3, 0.4) is 0 Å². The van der Waals surface area contributed by atoms with Gasteiger partial charge in [0.2, 0.25) is 0 Å². The SMILES string of the molecule is CC.CC.CCCC(Oc1ccc(OCCCCCCNCCc2c[nH]c3ccccc23)cc1)c1ccccc1. The number of aromatic nitrogens is 1. The maximum absolute atomic E-state index is 6.27. The molecule has 0 saturated carbocycles. The Morgan fingerprint density at radius 2 is 1.40 bits per heavy atom. The van der Waals surface area contributed by atoms with Crippen molar-refractivity contribution in [3.05, 3.63) is 96.2 Å². The lowest BCUT2D eigenvalue weighted by molar-refractivity contribution is 0.193. The van der Waals surface area contributed by atoms with E-state index in [0.717, 1.165) is 56.9 Å². The zero-order chi connectivity index (χ0) is 28.8. The number of unbranched alkanes of at least 4 members (excludes halogenated alkanes) is 3. The summed E-state index contributed by atoms with van der Waals surface area (Å²) < 4.78 is 12.2. The second-order valence-corrected chi connectivity index (χ2v) is 9.40. The first-order valence-electron chi connectivity index (χ1n) is 15.5. The third kappa shape index (κ3) is 11.5. The van der Waals surface area contributed by atoms with Crippen LogP contribution in [0.25, 0.3) is 10.9 Å². The fraction of sp³-hybridized carbons (Fsp3) is 0.444. The average molecular weight is 545 g/mol. The smallest absolute Gasteiger partial charge is 0.124 e. The first kappa shape index (κ1) is 33.0. The van der Waals surface area contributed by atoms with Gasteiger partial charge in [-0.25, -0.2) is 0 Å². The van der Waals surface area contributed by atoms with Crippen LogP contribution in [0.15, 0.2) is 85.1 Å². The number of hydrogen-bond donors (Lipinski definition) is 2. The maximum Gasteiger partial charge on any atom is 0.124 e. The van der Waals surface area contributed by atoms with Gasteiger partial charge in [0.15, 0.2) is 0 Å². The molecule has 1 unspecified atom stereocenters. The quantitative estimate of drug-likeness (QED) is 0.138. The Balaban J connectivity index is 0.00000134. The van der Waals surface area contributed by atoms with Crippen LogP contribution in [-0.4, -0.2) is 24.7 Å². The Labute approximate surface area is 243 Å². The van der Waals surface area contributed by atoms with E-state index in [4.69, 9.17) is 9.47 Å². The monoisotopic (exact) mass is 544 g/mol. The molecule has 0 aliphatic heterocycles. The summed E-state index contributed by atoms with van der Waals surface area (Å²) in [6.07, 6.45) is 10.1. The van der Waals surface area contributed by atoms with Gasteiger partial charge in [-0.3, -0.25) is 0 Å². The lowest BCUT2D eigenvalue weighted by Gasteiger charge is -2.19. The lowest BCUT2D eigenvalue weighted by atomic mass is 10.1. The van der Waals surface area contributed by atoms with Crippen LogP contribution >= 0.6 is 0 Å². The number of H-pyrrole nitrogens is 1. The number of ether oxygens (including phenoxy) is 2. The van der Waals surface area contributed by atoms with Gasteiger partial charge in [-0.1, -0.05) is 102 Å². The molecule has 1 heterocycles. The first-order chi connectivity index (χ1) is 19.8. The van der Waals surface area contributed by atoms with Crippen LogP contribution < -0.4 is 14.8 Å². The van der Waals surface area contributed by atoms with Gasteiger partial charge in [0.05, 0.1) is 6.61 Å². The van der Waals surface area contributed by atoms with E-state index in [0.29, 0.717) is 0 Å². The maximum atomic E-state index is 6.27. The summed E-state index contributed by atoms with van der Waals surface area (Å²) in [6.45, 7) is 13.1. The van der Waals surface area contributed by atoms with Gasteiger partial charge in [-0.05, 0) is 80.2 Å². The fourth-order valence-corrected chi connectivity index (χ4v) is 4.58. The van der Waals surface area contributed by atoms with Crippen LogP contribution in [0.2, 0.25) is 0 Å². The van der Waals surface area contributed by atoms with Crippen molar-refractivity contribution < 1.29 is 9.47 Å². The third-order valence-corrected chi connectivity index (χ3v) is 6.59. The van der Waals surface area contributed by atoms with Crippen molar-refractivity contribution in [1.29, 1.82) is 0 Å². The summed E-state index contributed by atoms with van der Waals surface area (Å²) in [6, 6.07) is 27.0. The highest BCUT2D eigenvalue weighted by Gasteiger charge is 2.12. The van der Waals surface area contributed by atoms with Crippen molar-refractivity contribution in [2.24, 2.45) is 0 Å². The van der Waals surface area contributed by atoms with Gasteiger partial charge in [0.25, 0.3) is 0 Å². The highest BCUT2D eigenvalue weighted by atomic mass is 16.5. The van der Waals surface area contributed by atoms with Crippen LogP contribution in [-0.2, 0) is 6.42 Å². The van der Waals surface area contributed by atoms with E-state index in [1.54, 1.807) is 0 Å². The second-order valence-electron chi connectivity index (χ2n) is 9.40. The van der Waals surface area contributed by atoms with Crippen molar-refractivity contribution in [3.8, 4) is 11.5 Å². The molecule has 4 rings (SSSR count). The summed E-state index contributed by atoms with van der Waals surface area (Å²) in [4.78, 5) is 3.36. The zero-order valence-corrected chi connectivity index (χ0v) is 25.5. The molecule has 0 aliphatic carbocycles. The van der Waals surface area contributed by atoms with E-state index in [9.17, 15) is 0 Å². The molecular weight excluding hydrogens is 492 g/mol. The third-order valence-electron chi connectivity index (χ3n) is 6.59. The number of hydrogen-bond acceptors (Lipinski definition) is 3. The summed E-state index contributed by atoms with van der Waals surface area (Å²) in [7, 11) is 0. The van der Waals surface area contributed by atoms with Gasteiger partial charge in [-0.15, -0.1) is 0 Å². The Morgan fingerprint density at radius 3 is 2.15 bits per heavy atom. The van der Waals surface area contributed by atoms with Crippen LogP contribution in [0.1, 0.15) is 90.4 Å². The molecule has 1 aromatic heterocycles. The fourth-order valence-electron chi connectivity index (χ4n) is 4.58. The molecule has 4 nitrogen and oxygen atoms in total. The second kappa shape index (κ2) is 20.6. The van der Waals surface area contributed by atoms with E-state index in [1.165, 1.54) is 41.3 Å². The van der Waals surface area contributed by atoms with E-state index >= 15 is 0 Å². The molecule has 0 saturated heterocycles. The zero-order valence-electron chi connectivity index (χ0n) is 25.5. The van der Waals surface area contributed by atoms with E-state index < -0.39 is 0 Å². The molecule has 4 heteroatoms. The number of aromatic amines is 1. The largest absolute Gasteiger partial charge is 0.494 e. The molecule has 40 heavy (non-hydrogen) atoms. The predicted molar refractivity (Wildman–Crippen MR) is 173 cm³/mol. The topological polar surface area (TPSA) is 46.3 Å². The number of fused-ring (bicyclic) bond motifs is 1. The molecule has 4 aromatic rings. The Bertz CT molecular complexity index is 1140. The molecule has 2 N–H and O–H groups in total. The first-order valence-corrected chi connectivity index (χ1v) is 15.5. The average Bonchev–Trinajstić information content (AvgIpc) is 3.44. The minimum atomic E-state index is 0.0889. The van der Waals surface area contributed by atoms with Gasteiger partial charge in [-0.2, -0.15) is 0 Å². The van der Waals surface area contributed by atoms with Crippen LogP contribution in [0, 0.1) is 0 Å². The molecule has 0 aliphatic rings. The molecule has 218 valence electrons. The number of benzene rings is 3. The molecular formula is C36H52N2O2. The predicted octanol–water partition coefficient (Wildman–Crippen LogP) is 9.91. The van der Waals surface area contributed by atoms with Gasteiger partial charge < -0.3 is 19.8 Å². The lowest BCUT2D eigenvalue weighted by Crippen LogP contribution is -2.18. The minimum Gasteiger partial charge on any atom is -0.494 e. The standard InChI is InChI=1S/C32H40N2O2.2C2H6/c1-2-12-32(26-13-6-5-7-14-26)36-29-19-17-28(18-20-29)35-24-11-4-3-10-22-33-23-21-27-25-34-31-16-9-8-15-30(27)31;2*1-2/h5-9,13-20,25,32-34H,2-4,10-12,21-24H2,1H3;2*1-2H3. The highest BCUT2D eigenvalue weighted by Crippen LogP contribution is 2.27. The molecule has 0 radical (unpaired) electrons. The van der Waals surface area contributed by atoms with Crippen molar-refractivity contribution in [1.82, 2.24) is 10.3 Å². The number of nitrogens with one attached hydrogen (secondary N) is 2. The summed E-state index contributed by atoms with van der Waals surface area (Å²) in [5, 5.41) is 4.93. The molecule has 1 atom stereocenters. The molecule has 0 spiro atoms. The van der Waals surface area contributed by atoms with Gasteiger partial charge in [0.1, 0.15) is 17.6 Å². The van der Waals surface area contributed by atoms with Crippen molar-refractivity contribution >= 4 is 10.9 Å². The van der Waals surface area contributed by atoms with Gasteiger partial charge >= 0.3 is 0 Å². The molecule has 0 amide bonds. The molecule has 0 bridgehead atoms. The Kier molecular flexibility index (Phi) is 17.0. The summed E-state index contributed by atoms with van der Waals surface area (Å²) >= 11 is 0. The molecule has 3 aromatic carbocycles. The van der Waals surface area contributed by atoms with Crippen molar-refractivity contribution in [2.75, 3.05) is 19.7 Å². The normalized spacial score (nSPS) is 11.1. The van der Waals surface area contributed by atoms with E-state index in [-0.39, 0.29) is 6.10 Å². The molecule has 0 fully saturated rings. The number of rotatable bonds is 16. The number of para-hydroxylation sites is 1. The highest BCUT2D eigenvalue weighted by molar-refractivity contribution is 5.83.